The molecule has 1 aromatic heterocycles. The van der Waals surface area contributed by atoms with Crippen LogP contribution in [0.5, 0.6) is 0 Å². The Morgan fingerprint density at radius 1 is 1.03 bits per heavy atom. The van der Waals surface area contributed by atoms with Crippen molar-refractivity contribution in [3.05, 3.63) is 108 Å². The van der Waals surface area contributed by atoms with E-state index in [1.165, 1.54) is 17.0 Å². The summed E-state index contributed by atoms with van der Waals surface area (Å²) in [7, 11) is 0. The van der Waals surface area contributed by atoms with Gasteiger partial charge in [0.25, 0.3) is 5.91 Å². The van der Waals surface area contributed by atoms with Gasteiger partial charge in [-0.25, -0.2) is 9.97 Å². The number of carbonyl (C=O) groups excluding carboxylic acids is 2. The van der Waals surface area contributed by atoms with Crippen LogP contribution in [0.2, 0.25) is 0 Å². The fourth-order valence-corrected chi connectivity index (χ4v) is 5.08. The van der Waals surface area contributed by atoms with Crippen LogP contribution >= 0.6 is 0 Å². The minimum Gasteiger partial charge on any atom is -0.322 e. The number of nitrogens with one attached hydrogen (secondary N) is 1. The van der Waals surface area contributed by atoms with E-state index in [0.29, 0.717) is 16.9 Å². The van der Waals surface area contributed by atoms with Gasteiger partial charge in [-0.15, -0.1) is 0 Å². The van der Waals surface area contributed by atoms with Crippen molar-refractivity contribution in [2.24, 2.45) is 11.3 Å². The van der Waals surface area contributed by atoms with Gasteiger partial charge < -0.3 is 5.32 Å². The summed E-state index contributed by atoms with van der Waals surface area (Å²) < 4.78 is 41.6. The maximum absolute atomic E-state index is 13.9. The third-order valence-corrected chi connectivity index (χ3v) is 6.82. The summed E-state index contributed by atoms with van der Waals surface area (Å²) in [6, 6.07) is 13.5. The summed E-state index contributed by atoms with van der Waals surface area (Å²) in [5.41, 5.74) is -0.881. The molecular formula is C28H23F3N4O2. The molecule has 0 bridgehead atoms. The summed E-state index contributed by atoms with van der Waals surface area (Å²) >= 11 is 0. The van der Waals surface area contributed by atoms with Crippen molar-refractivity contribution in [1.29, 1.82) is 0 Å². The number of nitrogens with zero attached hydrogens (tertiary/aromatic N) is 3. The average Bonchev–Trinajstić information content (AvgIpc) is 3.09. The van der Waals surface area contributed by atoms with Crippen LogP contribution in [-0.2, 0) is 11.0 Å². The third kappa shape index (κ3) is 4.30. The van der Waals surface area contributed by atoms with E-state index in [9.17, 15) is 22.8 Å². The summed E-state index contributed by atoms with van der Waals surface area (Å²) in [5.74, 6) is -1.71. The second-order valence-corrected chi connectivity index (χ2v) is 9.51. The molecule has 2 amide bonds. The lowest BCUT2D eigenvalue weighted by molar-refractivity contribution is -0.137. The number of carbonyl (C=O) groups is 2. The molecule has 188 valence electrons. The standard InChI is InChI=1S/C28H23F3N4O2/c1-27(2)23-19(10-6-11-22(23)35(25(27)37)26-32-14-7-15-33-26)17-12-13-21(28(29,30)31)20(16-17)24(36)34-18-8-4-3-5-9-18/h3-16,19,23H,1-2H3,(H,34,36). The largest absolute Gasteiger partial charge is 0.417 e. The summed E-state index contributed by atoms with van der Waals surface area (Å²) in [5, 5.41) is 2.55. The first-order valence-electron chi connectivity index (χ1n) is 11.7. The Morgan fingerprint density at radius 2 is 1.73 bits per heavy atom. The Balaban J connectivity index is 1.57. The monoisotopic (exact) mass is 504 g/mol. The molecule has 0 saturated carbocycles. The van der Waals surface area contributed by atoms with Crippen LogP contribution in [0, 0.1) is 11.3 Å². The van der Waals surface area contributed by atoms with Crippen LogP contribution < -0.4 is 10.2 Å². The lowest BCUT2D eigenvalue weighted by Crippen LogP contribution is -2.33. The second-order valence-electron chi connectivity index (χ2n) is 9.51. The first-order chi connectivity index (χ1) is 17.6. The van der Waals surface area contributed by atoms with Gasteiger partial charge in [0.05, 0.1) is 16.5 Å². The second kappa shape index (κ2) is 8.99. The molecule has 2 atom stereocenters. The van der Waals surface area contributed by atoms with Crippen LogP contribution in [-0.4, -0.2) is 21.8 Å². The van der Waals surface area contributed by atoms with Crippen LogP contribution in [0.25, 0.3) is 0 Å². The highest BCUT2D eigenvalue weighted by Crippen LogP contribution is 2.53. The van der Waals surface area contributed by atoms with Gasteiger partial charge in [0, 0.05) is 35.6 Å². The molecule has 1 saturated heterocycles. The molecule has 1 N–H and O–H groups in total. The van der Waals surface area contributed by atoms with Crippen molar-refractivity contribution in [2.75, 3.05) is 10.2 Å². The molecule has 1 aliphatic carbocycles. The van der Waals surface area contributed by atoms with Gasteiger partial charge in [0.1, 0.15) is 0 Å². The molecule has 6 nitrogen and oxygen atoms in total. The van der Waals surface area contributed by atoms with E-state index in [2.05, 4.69) is 15.3 Å². The normalized spacial score (nSPS) is 20.4. The van der Waals surface area contributed by atoms with E-state index >= 15 is 0 Å². The fraction of sp³-hybridized carbons (Fsp3) is 0.214. The quantitative estimate of drug-likeness (QED) is 0.475. The highest BCUT2D eigenvalue weighted by molar-refractivity contribution is 6.06. The van der Waals surface area contributed by atoms with Crippen molar-refractivity contribution >= 4 is 23.5 Å². The predicted molar refractivity (Wildman–Crippen MR) is 133 cm³/mol. The number of alkyl halides is 3. The summed E-state index contributed by atoms with van der Waals surface area (Å²) in [4.78, 5) is 36.5. The van der Waals surface area contributed by atoms with Gasteiger partial charge in [-0.2, -0.15) is 13.2 Å². The van der Waals surface area contributed by atoms with Crippen LogP contribution in [0.15, 0.2) is 90.9 Å². The van der Waals surface area contributed by atoms with Crippen molar-refractivity contribution in [3.8, 4) is 0 Å². The Labute approximate surface area is 211 Å². The van der Waals surface area contributed by atoms with Gasteiger partial charge in [-0.3, -0.25) is 14.5 Å². The molecule has 9 heteroatoms. The number of fused-ring (bicyclic) bond motifs is 1. The van der Waals surface area contributed by atoms with E-state index in [4.69, 9.17) is 0 Å². The van der Waals surface area contributed by atoms with Crippen LogP contribution in [0.1, 0.15) is 41.3 Å². The molecule has 1 aliphatic heterocycles. The third-order valence-electron chi connectivity index (χ3n) is 6.82. The number of hydrogen-bond acceptors (Lipinski definition) is 4. The number of hydrogen-bond donors (Lipinski definition) is 1. The highest BCUT2D eigenvalue weighted by atomic mass is 19.4. The van der Waals surface area contributed by atoms with Gasteiger partial charge >= 0.3 is 6.18 Å². The van der Waals surface area contributed by atoms with Gasteiger partial charge in [-0.1, -0.05) is 50.3 Å². The molecule has 0 spiro atoms. The Kier molecular flexibility index (Phi) is 5.94. The first-order valence-corrected chi connectivity index (χ1v) is 11.7. The Bertz CT molecular complexity index is 1420. The van der Waals surface area contributed by atoms with E-state index < -0.39 is 40.5 Å². The van der Waals surface area contributed by atoms with E-state index in [-0.39, 0.29) is 11.9 Å². The van der Waals surface area contributed by atoms with Gasteiger partial charge in [-0.05, 0) is 42.0 Å². The zero-order valence-electron chi connectivity index (χ0n) is 20.0. The molecule has 0 radical (unpaired) electrons. The van der Waals surface area contributed by atoms with Crippen molar-refractivity contribution in [3.63, 3.8) is 0 Å². The molecular weight excluding hydrogens is 481 g/mol. The molecule has 2 aliphatic rings. The molecule has 2 aromatic carbocycles. The lowest BCUT2D eigenvalue weighted by atomic mass is 9.68. The van der Waals surface area contributed by atoms with E-state index in [0.717, 1.165) is 6.07 Å². The Hall–Kier alpha value is -4.27. The maximum atomic E-state index is 13.9. The first kappa shape index (κ1) is 24.4. The van der Waals surface area contributed by atoms with Crippen molar-refractivity contribution in [2.45, 2.75) is 25.9 Å². The lowest BCUT2D eigenvalue weighted by Gasteiger charge is -2.32. The van der Waals surface area contributed by atoms with Crippen molar-refractivity contribution < 1.29 is 22.8 Å². The fourth-order valence-electron chi connectivity index (χ4n) is 5.08. The molecule has 3 aromatic rings. The number of allylic oxidation sites excluding steroid dienone is 4. The number of benzene rings is 2. The summed E-state index contributed by atoms with van der Waals surface area (Å²) in [6.07, 6.45) is 3.78. The average molecular weight is 505 g/mol. The zero-order chi connectivity index (χ0) is 26.4. The topological polar surface area (TPSA) is 75.2 Å². The van der Waals surface area contributed by atoms with Gasteiger partial charge in [0.2, 0.25) is 11.9 Å². The van der Waals surface area contributed by atoms with Crippen molar-refractivity contribution in [1.82, 2.24) is 9.97 Å². The SMILES string of the molecule is CC1(C)C(=O)N(c2ncccn2)C2=CC=CC(c3ccc(C(F)(F)F)c(C(=O)Nc4ccccc4)c3)C21. The minimum absolute atomic E-state index is 0.211. The number of anilines is 2. The molecule has 5 rings (SSSR count). The highest BCUT2D eigenvalue weighted by Gasteiger charge is 2.55. The van der Waals surface area contributed by atoms with Crippen LogP contribution in [0.3, 0.4) is 0 Å². The minimum atomic E-state index is -4.72. The van der Waals surface area contributed by atoms with E-state index in [1.807, 2.05) is 6.08 Å². The van der Waals surface area contributed by atoms with Gasteiger partial charge in [0.15, 0.2) is 0 Å². The molecule has 37 heavy (non-hydrogen) atoms. The zero-order valence-corrected chi connectivity index (χ0v) is 20.0. The number of amides is 2. The predicted octanol–water partition coefficient (Wildman–Crippen LogP) is 5.97. The number of halogens is 3. The molecule has 2 unspecified atom stereocenters. The number of rotatable bonds is 4. The Morgan fingerprint density at radius 3 is 2.41 bits per heavy atom. The maximum Gasteiger partial charge on any atom is 0.417 e. The van der Waals surface area contributed by atoms with E-state index in [1.54, 1.807) is 74.8 Å². The summed E-state index contributed by atoms with van der Waals surface area (Å²) in [6.45, 7) is 3.60. The number of aromatic nitrogens is 2. The molecule has 2 heterocycles. The van der Waals surface area contributed by atoms with Crippen LogP contribution in [0.4, 0.5) is 24.8 Å². The molecule has 1 fully saturated rings. The smallest absolute Gasteiger partial charge is 0.322 e. The number of para-hydroxylation sites is 1.